The van der Waals surface area contributed by atoms with Crippen molar-refractivity contribution >= 4 is 17.6 Å². The van der Waals surface area contributed by atoms with Gasteiger partial charge >= 0.3 is 6.03 Å². The number of phenolic OH excluding ortho intramolecular Hbond substituents is 1. The number of nitrogens with zero attached hydrogens (tertiary/aromatic N) is 2. The monoisotopic (exact) mass is 353 g/mol. The van der Waals surface area contributed by atoms with Gasteiger partial charge < -0.3 is 20.2 Å². The number of carbonyl (C=O) groups is 2. The number of fused-ring (bicyclic) bond motifs is 1. The molecule has 0 aromatic heterocycles. The van der Waals surface area contributed by atoms with Crippen molar-refractivity contribution in [3.8, 4) is 5.75 Å². The molecule has 1 heterocycles. The number of hydrogen-bond acceptors (Lipinski definition) is 3. The zero-order valence-corrected chi connectivity index (χ0v) is 15.0. The average molecular weight is 353 g/mol. The van der Waals surface area contributed by atoms with Crippen LogP contribution in [0.5, 0.6) is 5.75 Å². The van der Waals surface area contributed by atoms with Gasteiger partial charge in [-0.2, -0.15) is 0 Å². The molecule has 6 nitrogen and oxygen atoms in total. The van der Waals surface area contributed by atoms with E-state index < -0.39 is 0 Å². The van der Waals surface area contributed by atoms with Crippen molar-refractivity contribution in [2.24, 2.45) is 0 Å². The molecular formula is C20H23N3O3. The van der Waals surface area contributed by atoms with Gasteiger partial charge in [-0.25, -0.2) is 4.79 Å². The highest BCUT2D eigenvalue weighted by Gasteiger charge is 2.22. The summed E-state index contributed by atoms with van der Waals surface area (Å²) in [5, 5.41) is 12.6. The highest BCUT2D eigenvalue weighted by Crippen LogP contribution is 2.24. The van der Waals surface area contributed by atoms with E-state index in [-0.39, 0.29) is 24.1 Å². The number of likely N-dealkylation sites (N-methyl/N-ethyl adjacent to an activating group) is 1. The molecule has 3 amide bonds. The van der Waals surface area contributed by atoms with Crippen LogP contribution in [0.4, 0.5) is 10.5 Å². The van der Waals surface area contributed by atoms with Crippen LogP contribution in [0.25, 0.3) is 0 Å². The number of hydrogen-bond donors (Lipinski definition) is 2. The molecular weight excluding hydrogens is 330 g/mol. The number of amides is 3. The van der Waals surface area contributed by atoms with Crippen LogP contribution in [-0.2, 0) is 24.2 Å². The molecule has 2 aromatic rings. The molecule has 26 heavy (non-hydrogen) atoms. The maximum Gasteiger partial charge on any atom is 0.322 e. The van der Waals surface area contributed by atoms with Crippen molar-refractivity contribution in [3.63, 3.8) is 0 Å². The summed E-state index contributed by atoms with van der Waals surface area (Å²) in [4.78, 5) is 27.9. The lowest BCUT2D eigenvalue weighted by Crippen LogP contribution is -2.39. The predicted octanol–water partition coefficient (Wildman–Crippen LogP) is 2.61. The van der Waals surface area contributed by atoms with Gasteiger partial charge in [0, 0.05) is 32.9 Å². The van der Waals surface area contributed by atoms with Crippen LogP contribution in [-0.4, -0.2) is 47.5 Å². The topological polar surface area (TPSA) is 72.9 Å². The summed E-state index contributed by atoms with van der Waals surface area (Å²) >= 11 is 0. The number of benzene rings is 2. The fourth-order valence-electron chi connectivity index (χ4n) is 3.03. The molecule has 2 aromatic carbocycles. The number of anilines is 1. The summed E-state index contributed by atoms with van der Waals surface area (Å²) in [6, 6.07) is 12.4. The first kappa shape index (κ1) is 17.8. The Hall–Kier alpha value is -3.02. The lowest BCUT2D eigenvalue weighted by Gasteiger charge is -2.29. The third-order valence-electron chi connectivity index (χ3n) is 4.59. The molecule has 0 saturated carbocycles. The third-order valence-corrected chi connectivity index (χ3v) is 4.59. The van der Waals surface area contributed by atoms with Crippen LogP contribution in [0.2, 0.25) is 0 Å². The Morgan fingerprint density at radius 1 is 1.15 bits per heavy atom. The minimum absolute atomic E-state index is 0.0194. The minimum atomic E-state index is -0.205. The first-order chi connectivity index (χ1) is 12.4. The van der Waals surface area contributed by atoms with Crippen LogP contribution >= 0.6 is 0 Å². The van der Waals surface area contributed by atoms with Gasteiger partial charge in [-0.05, 0) is 41.3 Å². The number of carbonyl (C=O) groups excluding carboxylic acids is 2. The zero-order chi connectivity index (χ0) is 18.7. The van der Waals surface area contributed by atoms with Crippen molar-refractivity contribution in [2.45, 2.75) is 19.4 Å². The van der Waals surface area contributed by atoms with Crippen molar-refractivity contribution < 1.29 is 14.7 Å². The van der Waals surface area contributed by atoms with Crippen molar-refractivity contribution in [3.05, 3.63) is 59.2 Å². The summed E-state index contributed by atoms with van der Waals surface area (Å²) in [6.07, 6.45) is 0.990. The van der Waals surface area contributed by atoms with Gasteiger partial charge in [0.15, 0.2) is 0 Å². The molecule has 0 unspecified atom stereocenters. The second-order valence-electron chi connectivity index (χ2n) is 6.68. The second kappa shape index (κ2) is 7.47. The van der Waals surface area contributed by atoms with E-state index in [0.717, 1.165) is 23.1 Å². The van der Waals surface area contributed by atoms with E-state index in [1.54, 1.807) is 37.2 Å². The van der Waals surface area contributed by atoms with E-state index >= 15 is 0 Å². The fraction of sp³-hybridized carbons (Fsp3) is 0.300. The van der Waals surface area contributed by atoms with E-state index in [0.29, 0.717) is 18.8 Å². The number of para-hydroxylation sites is 1. The van der Waals surface area contributed by atoms with Crippen LogP contribution < -0.4 is 5.32 Å². The first-order valence-electron chi connectivity index (χ1n) is 8.59. The van der Waals surface area contributed by atoms with Crippen LogP contribution in [0.3, 0.4) is 0 Å². The highest BCUT2D eigenvalue weighted by molar-refractivity contribution is 5.91. The maximum absolute atomic E-state index is 12.7. The average Bonchev–Trinajstić information content (AvgIpc) is 2.62. The molecule has 6 heteroatoms. The Bertz CT molecular complexity index is 833. The standard InChI is InChI=1S/C20H23N3O3/c1-22(2)19(25)12-15-5-3-4-6-18(15)21-20(26)23-10-9-14-7-8-17(24)11-16(14)13-23/h3-8,11,24H,9-10,12-13H2,1-2H3,(H,21,26). The number of nitrogens with one attached hydrogen (secondary N) is 1. The van der Waals surface area contributed by atoms with E-state index in [1.807, 2.05) is 24.3 Å². The molecule has 0 fully saturated rings. The number of phenols is 1. The van der Waals surface area contributed by atoms with Crippen molar-refractivity contribution in [1.82, 2.24) is 9.80 Å². The molecule has 1 aliphatic heterocycles. The number of rotatable bonds is 3. The molecule has 2 N–H and O–H groups in total. The quantitative estimate of drug-likeness (QED) is 0.891. The van der Waals surface area contributed by atoms with Gasteiger partial charge in [-0.3, -0.25) is 4.79 Å². The van der Waals surface area contributed by atoms with E-state index in [9.17, 15) is 14.7 Å². The fourth-order valence-corrected chi connectivity index (χ4v) is 3.03. The molecule has 136 valence electrons. The summed E-state index contributed by atoms with van der Waals surface area (Å²) in [6.45, 7) is 1.07. The first-order valence-corrected chi connectivity index (χ1v) is 8.59. The normalized spacial score (nSPS) is 13.1. The molecule has 0 bridgehead atoms. The summed E-state index contributed by atoms with van der Waals surface area (Å²) in [5.41, 5.74) is 3.55. The Morgan fingerprint density at radius 3 is 2.69 bits per heavy atom. The zero-order valence-electron chi connectivity index (χ0n) is 15.0. The number of urea groups is 1. The Labute approximate surface area is 153 Å². The van der Waals surface area contributed by atoms with E-state index in [2.05, 4.69) is 5.32 Å². The molecule has 0 aliphatic carbocycles. The SMILES string of the molecule is CN(C)C(=O)Cc1ccccc1NC(=O)N1CCc2ccc(O)cc2C1. The molecule has 0 spiro atoms. The van der Waals surface area contributed by atoms with Crippen molar-refractivity contribution in [2.75, 3.05) is 26.0 Å². The van der Waals surface area contributed by atoms with Gasteiger partial charge in [0.2, 0.25) is 5.91 Å². The Morgan fingerprint density at radius 2 is 1.92 bits per heavy atom. The smallest absolute Gasteiger partial charge is 0.322 e. The van der Waals surface area contributed by atoms with E-state index in [4.69, 9.17) is 0 Å². The van der Waals surface area contributed by atoms with Gasteiger partial charge in [-0.1, -0.05) is 24.3 Å². The van der Waals surface area contributed by atoms with Crippen molar-refractivity contribution in [1.29, 1.82) is 0 Å². The predicted molar refractivity (Wildman–Crippen MR) is 100 cm³/mol. The highest BCUT2D eigenvalue weighted by atomic mass is 16.3. The maximum atomic E-state index is 12.7. The van der Waals surface area contributed by atoms with Crippen LogP contribution in [0, 0.1) is 0 Å². The van der Waals surface area contributed by atoms with Gasteiger partial charge in [0.05, 0.1) is 6.42 Å². The minimum Gasteiger partial charge on any atom is -0.508 e. The second-order valence-corrected chi connectivity index (χ2v) is 6.68. The number of aromatic hydroxyl groups is 1. The Balaban J connectivity index is 1.72. The molecule has 1 aliphatic rings. The van der Waals surface area contributed by atoms with Crippen LogP contribution in [0.1, 0.15) is 16.7 Å². The Kier molecular flexibility index (Phi) is 5.11. The molecule has 0 radical (unpaired) electrons. The summed E-state index contributed by atoms with van der Waals surface area (Å²) < 4.78 is 0. The molecule has 0 atom stereocenters. The largest absolute Gasteiger partial charge is 0.508 e. The summed E-state index contributed by atoms with van der Waals surface area (Å²) in [7, 11) is 3.42. The molecule has 0 saturated heterocycles. The van der Waals surface area contributed by atoms with Crippen LogP contribution in [0.15, 0.2) is 42.5 Å². The molecule has 3 rings (SSSR count). The van der Waals surface area contributed by atoms with Gasteiger partial charge in [0.25, 0.3) is 0 Å². The van der Waals surface area contributed by atoms with Gasteiger partial charge in [-0.15, -0.1) is 0 Å². The lowest BCUT2D eigenvalue weighted by atomic mass is 10.00. The lowest BCUT2D eigenvalue weighted by molar-refractivity contribution is -0.127. The summed E-state index contributed by atoms with van der Waals surface area (Å²) in [5.74, 6) is 0.188. The third kappa shape index (κ3) is 3.96. The van der Waals surface area contributed by atoms with E-state index in [1.165, 1.54) is 4.90 Å². The van der Waals surface area contributed by atoms with Gasteiger partial charge in [0.1, 0.15) is 5.75 Å².